The minimum atomic E-state index is -0.903. The van der Waals surface area contributed by atoms with Crippen LogP contribution in [0.1, 0.15) is 10.4 Å². The second-order valence-corrected chi connectivity index (χ2v) is 3.13. The minimum Gasteiger partial charge on any atom is -1.00 e. The Morgan fingerprint density at radius 1 is 1.00 bits per heavy atom. The number of nitrogens with zero attached hydrogens (tertiary/aromatic N) is 1. The number of benzene rings is 1. The standard InChI is InChI=1S/C12H9NO2.ClH/c14-12(15)10-4-6-11(7-5-10)13-8-2-1-3-9-13;/h1-9H;1H. The van der Waals surface area contributed by atoms with Crippen LogP contribution in [0.3, 0.4) is 0 Å². The van der Waals surface area contributed by atoms with Crippen molar-refractivity contribution >= 4 is 5.97 Å². The fraction of sp³-hybridized carbons (Fsp3) is 0. The highest BCUT2D eigenvalue weighted by Gasteiger charge is 2.06. The number of pyridine rings is 1. The molecule has 0 amide bonds. The summed E-state index contributed by atoms with van der Waals surface area (Å²) in [5.74, 6) is -0.903. The summed E-state index contributed by atoms with van der Waals surface area (Å²) in [5.41, 5.74) is 1.25. The molecular weight excluding hydrogens is 226 g/mol. The van der Waals surface area contributed by atoms with Crippen molar-refractivity contribution in [1.82, 2.24) is 0 Å². The number of halogens is 1. The lowest BCUT2D eigenvalue weighted by Crippen LogP contribution is -3.00. The van der Waals surface area contributed by atoms with Gasteiger partial charge in [-0.15, -0.1) is 0 Å². The highest BCUT2D eigenvalue weighted by atomic mass is 35.5. The summed E-state index contributed by atoms with van der Waals surface area (Å²) in [6.45, 7) is 0. The van der Waals surface area contributed by atoms with E-state index in [0.29, 0.717) is 5.56 Å². The number of aromatic nitrogens is 1. The Labute approximate surface area is 99.4 Å². The average Bonchev–Trinajstić information content (AvgIpc) is 2.30. The molecule has 0 saturated carbocycles. The van der Waals surface area contributed by atoms with E-state index in [0.717, 1.165) is 5.69 Å². The second-order valence-electron chi connectivity index (χ2n) is 3.13. The molecule has 0 aliphatic rings. The molecule has 1 aromatic carbocycles. The maximum Gasteiger partial charge on any atom is 0.335 e. The van der Waals surface area contributed by atoms with E-state index in [4.69, 9.17) is 5.11 Å². The third-order valence-corrected chi connectivity index (χ3v) is 2.13. The molecule has 0 fully saturated rings. The predicted octanol–water partition coefficient (Wildman–Crippen LogP) is -1.33. The molecule has 1 aromatic heterocycles. The molecule has 16 heavy (non-hydrogen) atoms. The van der Waals surface area contributed by atoms with Gasteiger partial charge in [-0.2, -0.15) is 4.57 Å². The second kappa shape index (κ2) is 5.28. The Morgan fingerprint density at radius 2 is 1.56 bits per heavy atom. The van der Waals surface area contributed by atoms with Gasteiger partial charge in [-0.05, 0) is 12.1 Å². The SMILES string of the molecule is O=C(O)c1ccc(-[n+]2ccccc2)cc1.[Cl-]. The zero-order chi connectivity index (χ0) is 10.7. The van der Waals surface area contributed by atoms with Gasteiger partial charge in [0, 0.05) is 24.3 Å². The first-order chi connectivity index (χ1) is 7.27. The van der Waals surface area contributed by atoms with Crippen LogP contribution in [0.15, 0.2) is 54.9 Å². The van der Waals surface area contributed by atoms with Gasteiger partial charge >= 0.3 is 5.97 Å². The topological polar surface area (TPSA) is 41.2 Å². The zero-order valence-corrected chi connectivity index (χ0v) is 9.13. The van der Waals surface area contributed by atoms with Crippen LogP contribution < -0.4 is 17.0 Å². The lowest BCUT2D eigenvalue weighted by atomic mass is 10.2. The molecule has 0 saturated heterocycles. The van der Waals surface area contributed by atoms with E-state index in [9.17, 15) is 4.79 Å². The van der Waals surface area contributed by atoms with Crippen LogP contribution in [-0.2, 0) is 0 Å². The quantitative estimate of drug-likeness (QED) is 0.655. The molecule has 4 heteroatoms. The molecule has 3 nitrogen and oxygen atoms in total. The Bertz CT molecular complexity index is 468. The Hall–Kier alpha value is -1.87. The molecule has 2 aromatic rings. The molecule has 0 spiro atoms. The first kappa shape index (κ1) is 12.2. The van der Waals surface area contributed by atoms with Gasteiger partial charge in [0.25, 0.3) is 0 Å². The van der Waals surface area contributed by atoms with Gasteiger partial charge in [-0.25, -0.2) is 4.79 Å². The third kappa shape index (κ3) is 2.58. The van der Waals surface area contributed by atoms with Gasteiger partial charge in [0.2, 0.25) is 5.69 Å². The fourth-order valence-electron chi connectivity index (χ4n) is 1.35. The number of hydrogen-bond donors (Lipinski definition) is 1. The monoisotopic (exact) mass is 235 g/mol. The number of rotatable bonds is 2. The maximum atomic E-state index is 10.6. The van der Waals surface area contributed by atoms with Crippen LogP contribution in [0, 0.1) is 0 Å². The third-order valence-electron chi connectivity index (χ3n) is 2.13. The molecule has 0 radical (unpaired) electrons. The van der Waals surface area contributed by atoms with Crippen molar-refractivity contribution < 1.29 is 26.9 Å². The largest absolute Gasteiger partial charge is 1.00 e. The van der Waals surface area contributed by atoms with Crippen LogP contribution in [0.5, 0.6) is 0 Å². The first-order valence-electron chi connectivity index (χ1n) is 4.57. The van der Waals surface area contributed by atoms with Gasteiger partial charge in [0.15, 0.2) is 12.4 Å². The number of carbonyl (C=O) groups is 1. The summed E-state index contributed by atoms with van der Waals surface area (Å²) in [6, 6.07) is 12.5. The number of hydrogen-bond acceptors (Lipinski definition) is 1. The Morgan fingerprint density at radius 3 is 2.06 bits per heavy atom. The van der Waals surface area contributed by atoms with Crippen molar-refractivity contribution in [2.24, 2.45) is 0 Å². The number of carboxylic acids is 1. The highest BCUT2D eigenvalue weighted by Crippen LogP contribution is 2.03. The molecule has 2 rings (SSSR count). The van der Waals surface area contributed by atoms with Gasteiger partial charge in [0.1, 0.15) is 0 Å². The summed E-state index contributed by atoms with van der Waals surface area (Å²) in [7, 11) is 0. The Balaban J connectivity index is 0.00000128. The molecular formula is C12H10ClNO2. The van der Waals surface area contributed by atoms with Crippen LogP contribution in [0.4, 0.5) is 0 Å². The van der Waals surface area contributed by atoms with Crippen molar-refractivity contribution in [3.05, 3.63) is 60.4 Å². The fourth-order valence-corrected chi connectivity index (χ4v) is 1.35. The summed E-state index contributed by atoms with van der Waals surface area (Å²) in [4.78, 5) is 10.6. The number of aromatic carboxylic acids is 1. The first-order valence-corrected chi connectivity index (χ1v) is 4.57. The normalized spacial score (nSPS) is 9.25. The van der Waals surface area contributed by atoms with Gasteiger partial charge in [0.05, 0.1) is 5.56 Å². The van der Waals surface area contributed by atoms with Crippen molar-refractivity contribution in [3.8, 4) is 5.69 Å². The average molecular weight is 236 g/mol. The van der Waals surface area contributed by atoms with E-state index in [2.05, 4.69) is 0 Å². The lowest BCUT2D eigenvalue weighted by Gasteiger charge is -1.95. The van der Waals surface area contributed by atoms with E-state index in [1.54, 1.807) is 24.3 Å². The summed E-state index contributed by atoms with van der Waals surface area (Å²) < 4.78 is 1.92. The predicted molar refractivity (Wildman–Crippen MR) is 54.9 cm³/mol. The van der Waals surface area contributed by atoms with Crippen molar-refractivity contribution in [2.75, 3.05) is 0 Å². The van der Waals surface area contributed by atoms with Crippen LogP contribution >= 0.6 is 0 Å². The molecule has 0 aliphatic heterocycles. The van der Waals surface area contributed by atoms with E-state index >= 15 is 0 Å². The van der Waals surface area contributed by atoms with Crippen molar-refractivity contribution in [2.45, 2.75) is 0 Å². The summed E-state index contributed by atoms with van der Waals surface area (Å²) in [5, 5.41) is 8.74. The Kier molecular flexibility index (Phi) is 4.03. The van der Waals surface area contributed by atoms with Crippen LogP contribution in [-0.4, -0.2) is 11.1 Å². The van der Waals surface area contributed by atoms with E-state index in [-0.39, 0.29) is 12.4 Å². The maximum absolute atomic E-state index is 10.6. The van der Waals surface area contributed by atoms with E-state index in [1.807, 2.05) is 35.2 Å². The number of carboxylic acid groups (broad SMARTS) is 1. The van der Waals surface area contributed by atoms with Gasteiger partial charge in [-0.1, -0.05) is 6.07 Å². The van der Waals surface area contributed by atoms with E-state index < -0.39 is 5.97 Å². The van der Waals surface area contributed by atoms with Crippen LogP contribution in [0.25, 0.3) is 5.69 Å². The van der Waals surface area contributed by atoms with Crippen molar-refractivity contribution in [3.63, 3.8) is 0 Å². The molecule has 1 heterocycles. The molecule has 1 N–H and O–H groups in total. The van der Waals surface area contributed by atoms with E-state index in [1.165, 1.54) is 0 Å². The molecule has 82 valence electrons. The van der Waals surface area contributed by atoms with Gasteiger partial charge < -0.3 is 17.5 Å². The molecule has 0 aliphatic carbocycles. The summed E-state index contributed by atoms with van der Waals surface area (Å²) in [6.07, 6.45) is 3.82. The molecule has 0 atom stereocenters. The van der Waals surface area contributed by atoms with Crippen molar-refractivity contribution in [1.29, 1.82) is 0 Å². The van der Waals surface area contributed by atoms with Crippen LogP contribution in [0.2, 0.25) is 0 Å². The van der Waals surface area contributed by atoms with Gasteiger partial charge in [-0.3, -0.25) is 0 Å². The minimum absolute atomic E-state index is 0. The highest BCUT2D eigenvalue weighted by molar-refractivity contribution is 5.87. The summed E-state index contributed by atoms with van der Waals surface area (Å²) >= 11 is 0. The molecule has 0 unspecified atom stereocenters. The zero-order valence-electron chi connectivity index (χ0n) is 8.38. The lowest BCUT2D eigenvalue weighted by molar-refractivity contribution is -0.595. The molecule has 0 bridgehead atoms. The smallest absolute Gasteiger partial charge is 0.335 e.